The van der Waals surface area contributed by atoms with Crippen LogP contribution < -0.4 is 4.74 Å². The highest BCUT2D eigenvalue weighted by molar-refractivity contribution is 6.04. The van der Waals surface area contributed by atoms with Gasteiger partial charge in [-0.3, -0.25) is 4.79 Å². The second kappa shape index (κ2) is 11.0. The number of hydrogen-bond donors (Lipinski definition) is 4. The monoisotopic (exact) mass is 492 g/mol. The fraction of sp³-hybridized carbons (Fsp3) is 0.367. The lowest BCUT2D eigenvalue weighted by molar-refractivity contribution is -0.181. The molecule has 0 fully saturated rings. The summed E-state index contributed by atoms with van der Waals surface area (Å²) in [5, 5.41) is 42.6. The SMILES string of the molecule is C=C(C)CCC1C(=O)c2c(O)cc(O)cc2OC1(O)c1ccc(O)c(C/C=C(\C)CCC=C(C)C)c1. The molecule has 1 aliphatic rings. The number of fused-ring (bicyclic) bond motifs is 1. The van der Waals surface area contributed by atoms with Gasteiger partial charge in [0, 0.05) is 17.7 Å². The second-order valence-electron chi connectivity index (χ2n) is 9.97. The molecule has 192 valence electrons. The standard InChI is InChI=1S/C30H36O6/c1-18(2)7-6-8-20(5)10-11-21-15-22(12-14-25(21)32)30(35)24(13-9-19(3)4)29(34)28-26(33)16-23(31)17-27(28)36-30/h7,10,12,14-17,24,31-33,35H,3,6,8-9,11,13H2,1-2,4-5H3/b20-10+. The Labute approximate surface area is 212 Å². The van der Waals surface area contributed by atoms with Gasteiger partial charge in [0.15, 0.2) is 5.78 Å². The number of ether oxygens (including phenoxy) is 1. The number of hydrogen-bond acceptors (Lipinski definition) is 6. The van der Waals surface area contributed by atoms with Crippen molar-refractivity contribution in [1.29, 1.82) is 0 Å². The Morgan fingerprint density at radius 2 is 1.75 bits per heavy atom. The smallest absolute Gasteiger partial charge is 0.245 e. The van der Waals surface area contributed by atoms with Crippen molar-refractivity contribution in [2.24, 2.45) is 5.92 Å². The minimum Gasteiger partial charge on any atom is -0.508 e. The minimum atomic E-state index is -2.07. The molecule has 0 bridgehead atoms. The molecule has 0 saturated carbocycles. The van der Waals surface area contributed by atoms with Gasteiger partial charge in [-0.1, -0.05) is 28.9 Å². The lowest BCUT2D eigenvalue weighted by Crippen LogP contribution is -2.48. The van der Waals surface area contributed by atoms with Crippen molar-refractivity contribution in [3.05, 3.63) is 82.5 Å². The first-order valence-electron chi connectivity index (χ1n) is 12.2. The number of allylic oxidation sites excluding steroid dienone is 5. The second-order valence-corrected chi connectivity index (χ2v) is 9.97. The predicted molar refractivity (Wildman–Crippen MR) is 140 cm³/mol. The van der Waals surface area contributed by atoms with Crippen LogP contribution in [0.15, 0.2) is 65.8 Å². The molecule has 2 aromatic rings. The maximum absolute atomic E-state index is 13.5. The molecule has 4 N–H and O–H groups in total. The van der Waals surface area contributed by atoms with Crippen molar-refractivity contribution in [2.75, 3.05) is 0 Å². The molecule has 0 aliphatic carbocycles. The van der Waals surface area contributed by atoms with Gasteiger partial charge in [-0.25, -0.2) is 0 Å². The molecule has 0 radical (unpaired) electrons. The number of rotatable bonds is 9. The molecule has 0 saturated heterocycles. The van der Waals surface area contributed by atoms with Crippen LogP contribution in [0.5, 0.6) is 23.0 Å². The van der Waals surface area contributed by atoms with Crippen LogP contribution in [0, 0.1) is 5.92 Å². The molecule has 0 amide bonds. The number of phenolic OH excluding ortho intramolecular Hbond substituents is 3. The first kappa shape index (κ1) is 27.1. The highest BCUT2D eigenvalue weighted by Gasteiger charge is 2.51. The maximum Gasteiger partial charge on any atom is 0.245 e. The van der Waals surface area contributed by atoms with Crippen molar-refractivity contribution < 1.29 is 30.0 Å². The van der Waals surface area contributed by atoms with Crippen molar-refractivity contribution in [3.8, 4) is 23.0 Å². The number of aromatic hydroxyl groups is 3. The quantitative estimate of drug-likeness (QED) is 0.301. The van der Waals surface area contributed by atoms with E-state index in [4.69, 9.17) is 4.74 Å². The van der Waals surface area contributed by atoms with Crippen LogP contribution >= 0.6 is 0 Å². The van der Waals surface area contributed by atoms with Gasteiger partial charge in [0.05, 0.1) is 5.92 Å². The van der Waals surface area contributed by atoms with E-state index in [9.17, 15) is 25.2 Å². The summed E-state index contributed by atoms with van der Waals surface area (Å²) in [5.74, 6) is -4.30. The first-order chi connectivity index (χ1) is 16.9. The zero-order chi connectivity index (χ0) is 26.6. The molecule has 2 unspecified atom stereocenters. The van der Waals surface area contributed by atoms with Crippen molar-refractivity contribution in [3.63, 3.8) is 0 Å². The molecule has 2 aromatic carbocycles. The Hall–Kier alpha value is -3.51. The minimum absolute atomic E-state index is 0.0712. The molecule has 3 rings (SSSR count). The summed E-state index contributed by atoms with van der Waals surface area (Å²) in [6.45, 7) is 11.9. The number of aliphatic hydroxyl groups is 1. The maximum atomic E-state index is 13.5. The molecule has 1 aliphatic heterocycles. The van der Waals surface area contributed by atoms with E-state index in [2.05, 4.69) is 26.5 Å². The van der Waals surface area contributed by atoms with E-state index in [1.165, 1.54) is 29.3 Å². The Kier molecular flexibility index (Phi) is 8.31. The number of carbonyl (C=O) groups excluding carboxylic acids is 1. The highest BCUT2D eigenvalue weighted by atomic mass is 16.6. The third-order valence-electron chi connectivity index (χ3n) is 6.48. The first-order valence-corrected chi connectivity index (χ1v) is 12.2. The number of Topliss-reactive ketones (excluding diaryl/α,β-unsaturated/α-hetero) is 1. The van der Waals surface area contributed by atoms with Gasteiger partial charge in [0.2, 0.25) is 5.79 Å². The number of phenols is 3. The molecule has 36 heavy (non-hydrogen) atoms. The van der Waals surface area contributed by atoms with E-state index in [0.717, 1.165) is 24.5 Å². The molecular formula is C30H36O6. The van der Waals surface area contributed by atoms with Gasteiger partial charge in [0.1, 0.15) is 28.6 Å². The zero-order valence-corrected chi connectivity index (χ0v) is 21.5. The predicted octanol–water partition coefficient (Wildman–Crippen LogP) is 6.43. The fourth-order valence-corrected chi connectivity index (χ4v) is 4.43. The van der Waals surface area contributed by atoms with Gasteiger partial charge in [-0.05, 0) is 83.6 Å². The van der Waals surface area contributed by atoms with E-state index in [1.54, 1.807) is 6.07 Å². The lowest BCUT2D eigenvalue weighted by Gasteiger charge is -2.40. The fourth-order valence-electron chi connectivity index (χ4n) is 4.43. The van der Waals surface area contributed by atoms with Crippen LogP contribution in [0.2, 0.25) is 0 Å². The molecular weight excluding hydrogens is 456 g/mol. The third-order valence-corrected chi connectivity index (χ3v) is 6.48. The Morgan fingerprint density at radius 1 is 1.03 bits per heavy atom. The average molecular weight is 493 g/mol. The molecule has 6 heteroatoms. The average Bonchev–Trinajstić information content (AvgIpc) is 2.77. The normalized spacial score (nSPS) is 19.4. The van der Waals surface area contributed by atoms with Crippen LogP contribution in [0.1, 0.15) is 74.9 Å². The molecule has 6 nitrogen and oxygen atoms in total. The van der Waals surface area contributed by atoms with Crippen molar-refractivity contribution >= 4 is 5.78 Å². The molecule has 0 spiro atoms. The summed E-state index contributed by atoms with van der Waals surface area (Å²) >= 11 is 0. The van der Waals surface area contributed by atoms with Crippen molar-refractivity contribution in [2.45, 2.75) is 65.6 Å². The van der Waals surface area contributed by atoms with E-state index < -0.39 is 23.2 Å². The summed E-state index contributed by atoms with van der Waals surface area (Å²) in [4.78, 5) is 13.5. The molecule has 0 aromatic heterocycles. The lowest BCUT2D eigenvalue weighted by atomic mass is 9.78. The van der Waals surface area contributed by atoms with Crippen LogP contribution in [0.3, 0.4) is 0 Å². The highest BCUT2D eigenvalue weighted by Crippen LogP contribution is 2.48. The Morgan fingerprint density at radius 3 is 2.42 bits per heavy atom. The van der Waals surface area contributed by atoms with E-state index >= 15 is 0 Å². The molecule has 2 atom stereocenters. The summed E-state index contributed by atoms with van der Waals surface area (Å²) in [6, 6.07) is 6.93. The van der Waals surface area contributed by atoms with Crippen LogP contribution in [0.25, 0.3) is 0 Å². The summed E-state index contributed by atoms with van der Waals surface area (Å²) in [6.07, 6.45) is 7.22. The molecule has 1 heterocycles. The topological polar surface area (TPSA) is 107 Å². The van der Waals surface area contributed by atoms with Gasteiger partial charge >= 0.3 is 0 Å². The van der Waals surface area contributed by atoms with Gasteiger partial charge in [-0.15, -0.1) is 6.58 Å². The van der Waals surface area contributed by atoms with Gasteiger partial charge in [0.25, 0.3) is 0 Å². The summed E-state index contributed by atoms with van der Waals surface area (Å²) in [5.41, 5.74) is 4.11. The van der Waals surface area contributed by atoms with Crippen LogP contribution in [-0.2, 0) is 12.2 Å². The Bertz CT molecular complexity index is 1220. The number of ketones is 1. The van der Waals surface area contributed by atoms with E-state index in [-0.39, 0.29) is 29.2 Å². The van der Waals surface area contributed by atoms with Crippen molar-refractivity contribution in [1.82, 2.24) is 0 Å². The van der Waals surface area contributed by atoms with Gasteiger partial charge < -0.3 is 25.2 Å². The summed E-state index contributed by atoms with van der Waals surface area (Å²) < 4.78 is 5.96. The largest absolute Gasteiger partial charge is 0.508 e. The third kappa shape index (κ3) is 6.00. The zero-order valence-electron chi connectivity index (χ0n) is 21.5. The van der Waals surface area contributed by atoms with Crippen LogP contribution in [0.4, 0.5) is 0 Å². The van der Waals surface area contributed by atoms with Gasteiger partial charge in [-0.2, -0.15) is 0 Å². The van der Waals surface area contributed by atoms with Crippen LogP contribution in [-0.4, -0.2) is 26.2 Å². The van der Waals surface area contributed by atoms with E-state index in [0.29, 0.717) is 24.0 Å². The Balaban J connectivity index is 2.00. The summed E-state index contributed by atoms with van der Waals surface area (Å²) in [7, 11) is 0. The van der Waals surface area contributed by atoms with E-state index in [1.807, 2.05) is 19.9 Å². The number of carbonyl (C=O) groups is 1. The number of benzene rings is 2.